The van der Waals surface area contributed by atoms with Gasteiger partial charge < -0.3 is 4.74 Å². The summed E-state index contributed by atoms with van der Waals surface area (Å²) in [4.78, 5) is 14.4. The van der Waals surface area contributed by atoms with Gasteiger partial charge in [-0.25, -0.2) is 5.43 Å². The van der Waals surface area contributed by atoms with E-state index in [0.29, 0.717) is 12.5 Å². The van der Waals surface area contributed by atoms with E-state index in [1.165, 1.54) is 36.1 Å². The summed E-state index contributed by atoms with van der Waals surface area (Å²) in [5.74, 6) is 0.260. The third kappa shape index (κ3) is 3.92. The first-order valence-corrected chi connectivity index (χ1v) is 8.67. The molecule has 1 amide bonds. The van der Waals surface area contributed by atoms with E-state index >= 15 is 0 Å². The summed E-state index contributed by atoms with van der Waals surface area (Å²) < 4.78 is 5.28. The SMILES string of the molecule is O=C(NN=CC1CCOC1)c1cc2c(s1)CCCCCC2. The zero-order valence-electron chi connectivity index (χ0n) is 12.3. The molecule has 1 aromatic rings. The van der Waals surface area contributed by atoms with Crippen LogP contribution in [0.2, 0.25) is 0 Å². The monoisotopic (exact) mass is 306 g/mol. The Balaban J connectivity index is 1.60. The highest BCUT2D eigenvalue weighted by molar-refractivity contribution is 7.14. The maximum Gasteiger partial charge on any atom is 0.281 e. The third-order valence-electron chi connectivity index (χ3n) is 4.14. The van der Waals surface area contributed by atoms with Gasteiger partial charge in [-0.1, -0.05) is 12.8 Å². The number of hydrogen-bond donors (Lipinski definition) is 1. The van der Waals surface area contributed by atoms with Gasteiger partial charge in [-0.15, -0.1) is 11.3 Å². The first-order valence-electron chi connectivity index (χ1n) is 7.86. The number of amides is 1. The lowest BCUT2D eigenvalue weighted by Crippen LogP contribution is -2.17. The number of aryl methyl sites for hydroxylation is 2. The minimum absolute atomic E-state index is 0.0816. The summed E-state index contributed by atoms with van der Waals surface area (Å²) in [6, 6.07) is 2.06. The van der Waals surface area contributed by atoms with Crippen LogP contribution in [0.3, 0.4) is 0 Å². The number of ether oxygens (including phenoxy) is 1. The molecular formula is C16H22N2O2S. The highest BCUT2D eigenvalue weighted by Crippen LogP contribution is 2.28. The fourth-order valence-electron chi connectivity index (χ4n) is 2.88. The summed E-state index contributed by atoms with van der Waals surface area (Å²) >= 11 is 1.64. The topological polar surface area (TPSA) is 50.7 Å². The number of carbonyl (C=O) groups excluding carboxylic acids is 1. The molecule has 5 heteroatoms. The normalized spacial score (nSPS) is 22.8. The molecule has 1 aliphatic carbocycles. The summed E-state index contributed by atoms with van der Waals surface area (Å²) in [7, 11) is 0. The molecule has 1 aliphatic heterocycles. The van der Waals surface area contributed by atoms with Gasteiger partial charge in [-0.2, -0.15) is 5.10 Å². The van der Waals surface area contributed by atoms with Crippen molar-refractivity contribution in [1.29, 1.82) is 0 Å². The van der Waals surface area contributed by atoms with Crippen molar-refractivity contribution < 1.29 is 9.53 Å². The van der Waals surface area contributed by atoms with Crippen LogP contribution in [0.15, 0.2) is 11.2 Å². The first-order chi connectivity index (χ1) is 10.3. The van der Waals surface area contributed by atoms with Gasteiger partial charge in [0.05, 0.1) is 11.5 Å². The Hall–Kier alpha value is -1.20. The Kier molecular flexibility index (Phi) is 5.04. The second-order valence-corrected chi connectivity index (χ2v) is 6.95. The molecule has 3 rings (SSSR count). The van der Waals surface area contributed by atoms with E-state index in [9.17, 15) is 4.79 Å². The van der Waals surface area contributed by atoms with Crippen molar-refractivity contribution in [2.75, 3.05) is 13.2 Å². The van der Waals surface area contributed by atoms with Crippen molar-refractivity contribution in [2.24, 2.45) is 11.0 Å². The summed E-state index contributed by atoms with van der Waals surface area (Å²) in [5, 5.41) is 4.08. The molecule has 4 nitrogen and oxygen atoms in total. The van der Waals surface area contributed by atoms with Gasteiger partial charge in [0.15, 0.2) is 0 Å². The number of carbonyl (C=O) groups is 1. The van der Waals surface area contributed by atoms with Crippen LogP contribution in [-0.4, -0.2) is 25.3 Å². The van der Waals surface area contributed by atoms with Crippen LogP contribution in [0.4, 0.5) is 0 Å². The molecule has 0 saturated carbocycles. The van der Waals surface area contributed by atoms with E-state index in [1.807, 2.05) is 0 Å². The summed E-state index contributed by atoms with van der Waals surface area (Å²) in [6.45, 7) is 1.51. The standard InChI is InChI=1S/C16H22N2O2S/c19-16(18-17-10-12-7-8-20-11-12)15-9-13-5-3-1-2-4-6-14(13)21-15/h9-10,12H,1-8,11H2,(H,18,19). The molecule has 0 aromatic carbocycles. The van der Waals surface area contributed by atoms with Gasteiger partial charge in [0, 0.05) is 23.6 Å². The zero-order chi connectivity index (χ0) is 14.5. The third-order valence-corrected chi connectivity index (χ3v) is 5.37. The first kappa shape index (κ1) is 14.7. The van der Waals surface area contributed by atoms with Crippen molar-refractivity contribution in [2.45, 2.75) is 44.9 Å². The van der Waals surface area contributed by atoms with Crippen LogP contribution in [-0.2, 0) is 17.6 Å². The molecule has 1 atom stereocenters. The van der Waals surface area contributed by atoms with Crippen LogP contribution in [0.5, 0.6) is 0 Å². The minimum Gasteiger partial charge on any atom is -0.381 e. The maximum atomic E-state index is 12.2. The van der Waals surface area contributed by atoms with Gasteiger partial charge in [-0.05, 0) is 43.7 Å². The Bertz CT molecular complexity index is 493. The van der Waals surface area contributed by atoms with Gasteiger partial charge in [0.25, 0.3) is 5.91 Å². The van der Waals surface area contributed by atoms with E-state index in [0.717, 1.165) is 30.7 Å². The van der Waals surface area contributed by atoms with Crippen LogP contribution < -0.4 is 5.43 Å². The molecule has 21 heavy (non-hydrogen) atoms. The number of hydrazone groups is 1. The molecule has 1 N–H and O–H groups in total. The van der Waals surface area contributed by atoms with Crippen LogP contribution >= 0.6 is 11.3 Å². The van der Waals surface area contributed by atoms with Crippen molar-refractivity contribution in [3.63, 3.8) is 0 Å². The van der Waals surface area contributed by atoms with Crippen LogP contribution in [0.1, 0.15) is 52.2 Å². The van der Waals surface area contributed by atoms with Gasteiger partial charge in [0.1, 0.15) is 0 Å². The molecule has 1 fully saturated rings. The average molecular weight is 306 g/mol. The summed E-state index contributed by atoms with van der Waals surface area (Å²) in [6.07, 6.45) is 10.1. The van der Waals surface area contributed by atoms with E-state index in [-0.39, 0.29) is 5.91 Å². The lowest BCUT2D eigenvalue weighted by molar-refractivity contribution is 0.0959. The smallest absolute Gasteiger partial charge is 0.281 e. The molecule has 2 aliphatic rings. The summed E-state index contributed by atoms with van der Waals surface area (Å²) in [5.41, 5.74) is 4.02. The molecule has 1 saturated heterocycles. The average Bonchev–Trinajstić information content (AvgIpc) is 3.09. The largest absolute Gasteiger partial charge is 0.381 e. The zero-order valence-corrected chi connectivity index (χ0v) is 13.1. The number of thiophene rings is 1. The Morgan fingerprint density at radius 2 is 2.19 bits per heavy atom. The molecule has 0 radical (unpaired) electrons. The molecule has 2 heterocycles. The Morgan fingerprint density at radius 3 is 3.00 bits per heavy atom. The Morgan fingerprint density at radius 1 is 1.33 bits per heavy atom. The van der Waals surface area contributed by atoms with Gasteiger partial charge in [-0.3, -0.25) is 4.79 Å². The number of nitrogens with zero attached hydrogens (tertiary/aromatic N) is 1. The van der Waals surface area contributed by atoms with Crippen molar-refractivity contribution in [1.82, 2.24) is 5.43 Å². The maximum absolute atomic E-state index is 12.2. The van der Waals surface area contributed by atoms with E-state index in [4.69, 9.17) is 4.74 Å². The molecular weight excluding hydrogens is 284 g/mol. The van der Waals surface area contributed by atoms with Crippen molar-refractivity contribution >= 4 is 23.5 Å². The lowest BCUT2D eigenvalue weighted by atomic mass is 10.00. The lowest BCUT2D eigenvalue weighted by Gasteiger charge is -2.07. The molecule has 0 spiro atoms. The van der Waals surface area contributed by atoms with E-state index in [2.05, 4.69) is 16.6 Å². The van der Waals surface area contributed by atoms with Crippen molar-refractivity contribution in [3.05, 3.63) is 21.4 Å². The number of hydrogen-bond acceptors (Lipinski definition) is 4. The quantitative estimate of drug-likeness (QED) is 0.689. The Labute approximate surface area is 129 Å². The van der Waals surface area contributed by atoms with E-state index < -0.39 is 0 Å². The second kappa shape index (κ2) is 7.18. The van der Waals surface area contributed by atoms with Gasteiger partial charge >= 0.3 is 0 Å². The van der Waals surface area contributed by atoms with Crippen molar-refractivity contribution in [3.8, 4) is 0 Å². The predicted molar refractivity (Wildman–Crippen MR) is 85.1 cm³/mol. The fraction of sp³-hybridized carbons (Fsp3) is 0.625. The highest BCUT2D eigenvalue weighted by Gasteiger charge is 2.16. The fourth-order valence-corrected chi connectivity index (χ4v) is 4.03. The molecule has 1 aromatic heterocycles. The predicted octanol–water partition coefficient (Wildman–Crippen LogP) is 3.16. The van der Waals surface area contributed by atoms with Crippen LogP contribution in [0, 0.1) is 5.92 Å². The molecule has 114 valence electrons. The molecule has 0 bridgehead atoms. The molecule has 1 unspecified atom stereocenters. The number of rotatable bonds is 3. The highest BCUT2D eigenvalue weighted by atomic mass is 32.1. The van der Waals surface area contributed by atoms with Gasteiger partial charge in [0.2, 0.25) is 0 Å². The number of fused-ring (bicyclic) bond motifs is 1. The number of nitrogens with one attached hydrogen (secondary N) is 1. The second-order valence-electron chi connectivity index (χ2n) is 5.82. The minimum atomic E-state index is -0.0816. The van der Waals surface area contributed by atoms with E-state index in [1.54, 1.807) is 17.6 Å². The van der Waals surface area contributed by atoms with Crippen LogP contribution in [0.25, 0.3) is 0 Å².